The van der Waals surface area contributed by atoms with Gasteiger partial charge in [-0.1, -0.05) is 17.7 Å². The average Bonchev–Trinajstić information content (AvgIpc) is 2.26. The van der Waals surface area contributed by atoms with E-state index in [1.54, 1.807) is 0 Å². The molecular weight excluding hydrogens is 190 g/mol. The van der Waals surface area contributed by atoms with Crippen LogP contribution in [0, 0.1) is 6.92 Å². The number of nitrogens with two attached hydrogens (primary N) is 1. The minimum atomic E-state index is 0.582. The predicted molar refractivity (Wildman–Crippen MR) is 61.2 cm³/mol. The van der Waals surface area contributed by atoms with Gasteiger partial charge in [-0.25, -0.2) is 0 Å². The molecule has 0 atom stereocenters. The Morgan fingerprint density at radius 1 is 1.07 bits per heavy atom. The van der Waals surface area contributed by atoms with Crippen LogP contribution in [0.15, 0.2) is 24.3 Å². The van der Waals surface area contributed by atoms with E-state index in [9.17, 15) is 0 Å². The lowest BCUT2D eigenvalue weighted by Gasteiger charge is -2.06. The summed E-state index contributed by atoms with van der Waals surface area (Å²) in [6.07, 6.45) is 0.897. The van der Waals surface area contributed by atoms with E-state index < -0.39 is 0 Å². The highest BCUT2D eigenvalue weighted by molar-refractivity contribution is 5.26. The van der Waals surface area contributed by atoms with Gasteiger partial charge in [-0.3, -0.25) is 0 Å². The second-order valence-corrected chi connectivity index (χ2v) is 3.42. The summed E-state index contributed by atoms with van der Waals surface area (Å²) in [7, 11) is 0. The van der Waals surface area contributed by atoms with E-state index in [4.69, 9.17) is 15.2 Å². The van der Waals surface area contributed by atoms with Crippen molar-refractivity contribution < 1.29 is 9.47 Å². The molecule has 1 aromatic carbocycles. The zero-order valence-electron chi connectivity index (χ0n) is 9.24. The standard InChI is InChI=1S/C12H19NO2/c1-11-3-5-12(6-4-11)15-9-2-8-14-10-7-13/h3-6H,2,7-10,13H2,1H3. The first-order chi connectivity index (χ1) is 7.33. The summed E-state index contributed by atoms with van der Waals surface area (Å²) in [4.78, 5) is 0. The summed E-state index contributed by atoms with van der Waals surface area (Å²) in [5, 5.41) is 0. The Morgan fingerprint density at radius 2 is 1.80 bits per heavy atom. The maximum absolute atomic E-state index is 5.53. The summed E-state index contributed by atoms with van der Waals surface area (Å²) in [5.74, 6) is 0.916. The van der Waals surface area contributed by atoms with Gasteiger partial charge in [0.2, 0.25) is 0 Å². The van der Waals surface area contributed by atoms with Crippen LogP contribution in [0.1, 0.15) is 12.0 Å². The van der Waals surface area contributed by atoms with Gasteiger partial charge >= 0.3 is 0 Å². The molecule has 0 heterocycles. The molecule has 0 fully saturated rings. The van der Waals surface area contributed by atoms with Gasteiger partial charge in [0.25, 0.3) is 0 Å². The maximum Gasteiger partial charge on any atom is 0.119 e. The normalized spacial score (nSPS) is 10.3. The third-order valence-electron chi connectivity index (χ3n) is 1.98. The Hall–Kier alpha value is -1.06. The molecule has 0 bridgehead atoms. The van der Waals surface area contributed by atoms with Crippen LogP contribution in [0.5, 0.6) is 5.75 Å². The van der Waals surface area contributed by atoms with Crippen molar-refractivity contribution in [3.63, 3.8) is 0 Å². The van der Waals surface area contributed by atoms with E-state index in [2.05, 4.69) is 6.92 Å². The number of rotatable bonds is 7. The van der Waals surface area contributed by atoms with Crippen LogP contribution < -0.4 is 10.5 Å². The number of benzene rings is 1. The second kappa shape index (κ2) is 7.26. The molecule has 3 nitrogen and oxygen atoms in total. The van der Waals surface area contributed by atoms with Crippen molar-refractivity contribution in [3.05, 3.63) is 29.8 Å². The fraction of sp³-hybridized carbons (Fsp3) is 0.500. The van der Waals surface area contributed by atoms with Crippen LogP contribution >= 0.6 is 0 Å². The highest BCUT2D eigenvalue weighted by atomic mass is 16.5. The first-order valence-corrected chi connectivity index (χ1v) is 5.30. The van der Waals surface area contributed by atoms with Crippen LogP contribution in [0.4, 0.5) is 0 Å². The van der Waals surface area contributed by atoms with Gasteiger partial charge in [-0.2, -0.15) is 0 Å². The summed E-state index contributed by atoms with van der Waals surface area (Å²) in [6, 6.07) is 8.05. The molecule has 1 rings (SSSR count). The zero-order chi connectivity index (χ0) is 10.9. The highest BCUT2D eigenvalue weighted by Crippen LogP contribution is 2.11. The molecule has 0 unspecified atom stereocenters. The Balaban J connectivity index is 2.07. The summed E-state index contributed by atoms with van der Waals surface area (Å²) < 4.78 is 10.8. The third kappa shape index (κ3) is 5.40. The van der Waals surface area contributed by atoms with Crippen molar-refractivity contribution in [1.29, 1.82) is 0 Å². The molecule has 1 aromatic rings. The lowest BCUT2D eigenvalue weighted by Crippen LogP contribution is -2.10. The molecular formula is C12H19NO2. The number of aryl methyl sites for hydroxylation is 1. The number of ether oxygens (including phenoxy) is 2. The van der Waals surface area contributed by atoms with Crippen LogP contribution in [-0.2, 0) is 4.74 Å². The maximum atomic E-state index is 5.53. The van der Waals surface area contributed by atoms with Crippen molar-refractivity contribution in [2.45, 2.75) is 13.3 Å². The van der Waals surface area contributed by atoms with Gasteiger partial charge < -0.3 is 15.2 Å². The van der Waals surface area contributed by atoms with Gasteiger partial charge in [-0.15, -0.1) is 0 Å². The van der Waals surface area contributed by atoms with Gasteiger partial charge in [0.15, 0.2) is 0 Å². The molecule has 0 aliphatic heterocycles. The quantitative estimate of drug-likeness (QED) is 0.696. The van der Waals surface area contributed by atoms with E-state index in [0.29, 0.717) is 26.4 Å². The number of hydrogen-bond acceptors (Lipinski definition) is 3. The SMILES string of the molecule is Cc1ccc(OCCCOCCN)cc1. The molecule has 0 aliphatic carbocycles. The second-order valence-electron chi connectivity index (χ2n) is 3.42. The van der Waals surface area contributed by atoms with Crippen LogP contribution in [0.3, 0.4) is 0 Å². The van der Waals surface area contributed by atoms with Crippen LogP contribution in [0.25, 0.3) is 0 Å². The summed E-state index contributed by atoms with van der Waals surface area (Å²) in [5.41, 5.74) is 6.54. The fourth-order valence-electron chi connectivity index (χ4n) is 1.17. The van der Waals surface area contributed by atoms with Gasteiger partial charge in [-0.05, 0) is 19.1 Å². The Kier molecular flexibility index (Phi) is 5.81. The van der Waals surface area contributed by atoms with Gasteiger partial charge in [0.1, 0.15) is 5.75 Å². The molecule has 0 aliphatic rings. The molecule has 0 aromatic heterocycles. The third-order valence-corrected chi connectivity index (χ3v) is 1.98. The predicted octanol–water partition coefficient (Wildman–Crippen LogP) is 1.74. The Morgan fingerprint density at radius 3 is 2.47 bits per heavy atom. The van der Waals surface area contributed by atoms with Crippen LogP contribution in [-0.4, -0.2) is 26.4 Å². The lowest BCUT2D eigenvalue weighted by molar-refractivity contribution is 0.126. The molecule has 0 amide bonds. The monoisotopic (exact) mass is 209 g/mol. The summed E-state index contributed by atoms with van der Waals surface area (Å²) >= 11 is 0. The van der Waals surface area contributed by atoms with E-state index in [0.717, 1.165) is 12.2 Å². The first kappa shape index (κ1) is 12.0. The molecule has 0 saturated heterocycles. The van der Waals surface area contributed by atoms with E-state index in [-0.39, 0.29) is 0 Å². The summed E-state index contributed by atoms with van der Waals surface area (Å²) in [6.45, 7) is 4.67. The number of hydrogen-bond donors (Lipinski definition) is 1. The van der Waals surface area contributed by atoms with E-state index in [1.807, 2.05) is 24.3 Å². The minimum Gasteiger partial charge on any atom is -0.494 e. The van der Waals surface area contributed by atoms with Gasteiger partial charge in [0.05, 0.1) is 13.2 Å². The first-order valence-electron chi connectivity index (χ1n) is 5.30. The van der Waals surface area contributed by atoms with Gasteiger partial charge in [0, 0.05) is 19.6 Å². The largest absolute Gasteiger partial charge is 0.494 e. The molecule has 3 heteroatoms. The van der Waals surface area contributed by atoms with E-state index >= 15 is 0 Å². The van der Waals surface area contributed by atoms with E-state index in [1.165, 1.54) is 5.56 Å². The highest BCUT2D eigenvalue weighted by Gasteiger charge is 1.93. The van der Waals surface area contributed by atoms with Crippen molar-refractivity contribution in [1.82, 2.24) is 0 Å². The lowest BCUT2D eigenvalue weighted by atomic mass is 10.2. The van der Waals surface area contributed by atoms with Crippen molar-refractivity contribution in [3.8, 4) is 5.75 Å². The molecule has 15 heavy (non-hydrogen) atoms. The average molecular weight is 209 g/mol. The minimum absolute atomic E-state index is 0.582. The van der Waals surface area contributed by atoms with Crippen molar-refractivity contribution >= 4 is 0 Å². The van der Waals surface area contributed by atoms with Crippen molar-refractivity contribution in [2.75, 3.05) is 26.4 Å². The van der Waals surface area contributed by atoms with Crippen LogP contribution in [0.2, 0.25) is 0 Å². The molecule has 2 N–H and O–H groups in total. The van der Waals surface area contributed by atoms with Crippen molar-refractivity contribution in [2.24, 2.45) is 5.73 Å². The molecule has 0 radical (unpaired) electrons. The topological polar surface area (TPSA) is 44.5 Å². The smallest absolute Gasteiger partial charge is 0.119 e. The molecule has 0 saturated carbocycles. The zero-order valence-corrected chi connectivity index (χ0v) is 9.24. The Bertz CT molecular complexity index is 259. The molecule has 84 valence electrons. The Labute approximate surface area is 91.2 Å². The fourth-order valence-corrected chi connectivity index (χ4v) is 1.17. The molecule has 0 spiro atoms.